The number of nitrogens with zero attached hydrogens (tertiary/aromatic N) is 4. The highest BCUT2D eigenvalue weighted by Gasteiger charge is 2.41. The van der Waals surface area contributed by atoms with Gasteiger partial charge in [-0.15, -0.1) is 0 Å². The molecule has 7 aromatic rings. The highest BCUT2D eigenvalue weighted by atomic mass is 16.6. The van der Waals surface area contributed by atoms with Gasteiger partial charge in [0.2, 0.25) is 0 Å². The lowest BCUT2D eigenvalue weighted by Gasteiger charge is -2.24. The fourth-order valence-corrected chi connectivity index (χ4v) is 7.13. The van der Waals surface area contributed by atoms with Crippen molar-refractivity contribution in [2.24, 2.45) is 5.41 Å². The quantitative estimate of drug-likeness (QED) is 0.0446. The Balaban J connectivity index is 0.939. The topological polar surface area (TPSA) is 210 Å². The summed E-state index contributed by atoms with van der Waals surface area (Å²) in [5, 5.41) is 37.7. The minimum atomic E-state index is -1.96. The van der Waals surface area contributed by atoms with Crippen molar-refractivity contribution >= 4 is 23.9 Å². The largest absolute Gasteiger partial charge is 0.490 e. The molecule has 0 aliphatic heterocycles. The molecule has 0 aliphatic carbocycles. The molecule has 70 heavy (non-hydrogen) atoms. The molecule has 0 aliphatic rings. The van der Waals surface area contributed by atoms with Crippen LogP contribution in [0.15, 0.2) is 170 Å². The van der Waals surface area contributed by atoms with Crippen molar-refractivity contribution in [2.45, 2.75) is 25.7 Å². The summed E-state index contributed by atoms with van der Waals surface area (Å²) in [6.07, 6.45) is -1.42. The second-order valence-corrected chi connectivity index (χ2v) is 15.7. The molecular formula is C57H40N4O9. The molecule has 0 radical (unpaired) electrons. The van der Waals surface area contributed by atoms with Crippen LogP contribution in [0.5, 0.6) is 23.0 Å². The van der Waals surface area contributed by atoms with Crippen LogP contribution in [0.25, 0.3) is 33.4 Å². The van der Waals surface area contributed by atoms with Gasteiger partial charge < -0.3 is 23.7 Å². The van der Waals surface area contributed by atoms with Crippen LogP contribution < -0.4 is 18.9 Å². The third kappa shape index (κ3) is 12.7. The third-order valence-corrected chi connectivity index (χ3v) is 11.1. The van der Waals surface area contributed by atoms with Crippen LogP contribution in [0.2, 0.25) is 0 Å². The summed E-state index contributed by atoms with van der Waals surface area (Å²) < 4.78 is 27.9. The van der Waals surface area contributed by atoms with Crippen molar-refractivity contribution in [3.63, 3.8) is 0 Å². The van der Waals surface area contributed by atoms with E-state index in [0.29, 0.717) is 28.2 Å². The first-order chi connectivity index (χ1) is 34.1. The van der Waals surface area contributed by atoms with Crippen molar-refractivity contribution in [3.05, 3.63) is 192 Å². The smallest absolute Gasteiger partial charge is 0.343 e. The average Bonchev–Trinajstić information content (AvgIpc) is 3.41. The Morgan fingerprint density at radius 2 is 0.729 bits per heavy atom. The van der Waals surface area contributed by atoms with E-state index in [4.69, 9.17) is 39.5 Å². The van der Waals surface area contributed by atoms with E-state index in [2.05, 4.69) is 18.2 Å². The van der Waals surface area contributed by atoms with Crippen LogP contribution in [0.3, 0.4) is 0 Å². The van der Waals surface area contributed by atoms with Gasteiger partial charge in [0.1, 0.15) is 36.2 Å². The standard InChI is InChI=1S/C57H40N4O9/c58-35-39-1-7-42(8-2-39)45-13-23-50(24-14-45)68-53(62)29-31-57(38-61,32-30-54(63)69-51-25-15-46(16-26-51)43-9-3-40(36-59)4-10-43)56(65)67-34-33-66-49-21-19-48(20-22-49)55(64)70-52-27-17-47(18-28-52)44-11-5-41(37-60)6-12-44/h1-28H,29-34H2. The lowest BCUT2D eigenvalue weighted by Crippen LogP contribution is -2.34. The molecule has 0 amide bonds. The molecule has 0 heterocycles. The number of esters is 4. The zero-order chi connectivity index (χ0) is 49.3. The summed E-state index contributed by atoms with van der Waals surface area (Å²) in [5.74, 6) is -1.86. The number of hydrogen-bond acceptors (Lipinski definition) is 13. The maximum atomic E-state index is 13.8. The van der Waals surface area contributed by atoms with E-state index in [0.717, 1.165) is 33.4 Å². The molecule has 0 spiro atoms. The van der Waals surface area contributed by atoms with Gasteiger partial charge >= 0.3 is 23.9 Å². The molecule has 0 bridgehead atoms. The van der Waals surface area contributed by atoms with Gasteiger partial charge in [-0.05, 0) is 143 Å². The highest BCUT2D eigenvalue weighted by molar-refractivity contribution is 5.91. The molecule has 13 nitrogen and oxygen atoms in total. The van der Waals surface area contributed by atoms with E-state index >= 15 is 0 Å². The van der Waals surface area contributed by atoms with Crippen LogP contribution in [0, 0.1) is 50.7 Å². The fourth-order valence-electron chi connectivity index (χ4n) is 7.13. The number of rotatable bonds is 18. The zero-order valence-corrected chi connectivity index (χ0v) is 37.4. The monoisotopic (exact) mass is 924 g/mol. The summed E-state index contributed by atoms with van der Waals surface area (Å²) >= 11 is 0. The Morgan fingerprint density at radius 1 is 0.400 bits per heavy atom. The molecule has 0 saturated heterocycles. The molecule has 7 aromatic carbocycles. The minimum absolute atomic E-state index is 0.135. The van der Waals surface area contributed by atoms with E-state index in [9.17, 15) is 24.4 Å². The highest BCUT2D eigenvalue weighted by Crippen LogP contribution is 2.33. The maximum Gasteiger partial charge on any atom is 0.343 e. The van der Waals surface area contributed by atoms with Gasteiger partial charge in [-0.1, -0.05) is 72.8 Å². The summed E-state index contributed by atoms with van der Waals surface area (Å²) in [6.45, 7) is -0.430. The molecular weight excluding hydrogens is 885 g/mol. The summed E-state index contributed by atoms with van der Waals surface area (Å²) in [5.41, 5.74) is 5.06. The van der Waals surface area contributed by atoms with Crippen molar-refractivity contribution in [2.75, 3.05) is 13.2 Å². The second kappa shape index (κ2) is 23.1. The Labute approximate surface area is 403 Å². The van der Waals surface area contributed by atoms with Gasteiger partial charge in [-0.3, -0.25) is 14.4 Å². The first kappa shape index (κ1) is 48.1. The number of ether oxygens (including phenoxy) is 5. The Kier molecular flexibility index (Phi) is 15.9. The maximum absolute atomic E-state index is 13.8. The van der Waals surface area contributed by atoms with Crippen molar-refractivity contribution in [1.29, 1.82) is 21.0 Å². The molecule has 0 fully saturated rings. The molecule has 0 unspecified atom stereocenters. The molecule has 0 aromatic heterocycles. The summed E-state index contributed by atoms with van der Waals surface area (Å²) in [4.78, 5) is 52.9. The van der Waals surface area contributed by atoms with Crippen molar-refractivity contribution < 1.29 is 42.9 Å². The number of carbonyl (C=O) groups is 4. The first-order valence-electron chi connectivity index (χ1n) is 21.8. The molecule has 7 rings (SSSR count). The SMILES string of the molecule is N#Cc1ccc(-c2ccc(OC(=O)CCC(C#N)(CCC(=O)Oc3ccc(-c4ccc(C#N)cc4)cc3)C(=O)OCCOc3ccc(C(=O)Oc4ccc(-c5ccc(C#N)cc5)cc4)cc3)cc2)cc1. The molecule has 0 saturated carbocycles. The predicted octanol–water partition coefficient (Wildman–Crippen LogP) is 10.7. The lowest BCUT2D eigenvalue weighted by atomic mass is 9.80. The van der Waals surface area contributed by atoms with Crippen LogP contribution in [0.1, 0.15) is 52.7 Å². The predicted molar refractivity (Wildman–Crippen MR) is 255 cm³/mol. The number of carbonyl (C=O) groups excluding carboxylic acids is 4. The van der Waals surface area contributed by atoms with E-state index < -0.39 is 29.3 Å². The number of benzene rings is 7. The van der Waals surface area contributed by atoms with Crippen LogP contribution >= 0.6 is 0 Å². The van der Waals surface area contributed by atoms with Gasteiger partial charge in [0.05, 0.1) is 46.5 Å². The normalized spacial score (nSPS) is 10.5. The van der Waals surface area contributed by atoms with Gasteiger partial charge in [0.25, 0.3) is 0 Å². The Bertz CT molecular complexity index is 3020. The van der Waals surface area contributed by atoms with Gasteiger partial charge in [0.15, 0.2) is 5.41 Å². The minimum Gasteiger partial charge on any atom is -0.490 e. The van der Waals surface area contributed by atoms with E-state index in [1.165, 1.54) is 12.1 Å². The summed E-state index contributed by atoms with van der Waals surface area (Å²) in [6, 6.07) is 55.9. The van der Waals surface area contributed by atoms with Crippen molar-refractivity contribution in [1.82, 2.24) is 0 Å². The Hall–Kier alpha value is -9.82. The second-order valence-electron chi connectivity index (χ2n) is 15.7. The van der Waals surface area contributed by atoms with Crippen LogP contribution in [-0.4, -0.2) is 37.1 Å². The van der Waals surface area contributed by atoms with Crippen LogP contribution in [-0.2, 0) is 19.1 Å². The molecule has 13 heteroatoms. The van der Waals surface area contributed by atoms with Gasteiger partial charge in [0, 0.05) is 12.8 Å². The molecule has 342 valence electrons. The number of nitriles is 4. The van der Waals surface area contributed by atoms with Crippen molar-refractivity contribution in [3.8, 4) is 80.7 Å². The van der Waals surface area contributed by atoms with Crippen LogP contribution in [0.4, 0.5) is 0 Å². The first-order valence-corrected chi connectivity index (χ1v) is 21.8. The zero-order valence-electron chi connectivity index (χ0n) is 37.4. The van der Waals surface area contributed by atoms with E-state index in [1.807, 2.05) is 18.2 Å². The number of hydrogen-bond donors (Lipinski definition) is 0. The molecule has 0 atom stereocenters. The van der Waals surface area contributed by atoms with E-state index in [1.54, 1.807) is 146 Å². The van der Waals surface area contributed by atoms with Gasteiger partial charge in [-0.2, -0.15) is 21.0 Å². The molecule has 0 N–H and O–H groups in total. The Morgan fingerprint density at radius 3 is 1.07 bits per heavy atom. The fraction of sp³-hybridized carbons (Fsp3) is 0.123. The van der Waals surface area contributed by atoms with E-state index in [-0.39, 0.29) is 56.0 Å². The van der Waals surface area contributed by atoms with Gasteiger partial charge in [-0.25, -0.2) is 4.79 Å². The lowest BCUT2D eigenvalue weighted by molar-refractivity contribution is -0.154. The third-order valence-electron chi connectivity index (χ3n) is 11.1. The summed E-state index contributed by atoms with van der Waals surface area (Å²) in [7, 11) is 0. The average molecular weight is 925 g/mol.